The van der Waals surface area contributed by atoms with Crippen molar-refractivity contribution in [2.24, 2.45) is 5.10 Å². The summed E-state index contributed by atoms with van der Waals surface area (Å²) in [5, 5.41) is 4.05. The SMILES string of the molecule is CCOP(=O)(OCC)C1CC(c2ccccc2)=NNC1=O. The Labute approximate surface area is 124 Å². The van der Waals surface area contributed by atoms with Crippen molar-refractivity contribution in [2.45, 2.75) is 25.9 Å². The molecule has 0 fully saturated rings. The molecule has 1 unspecified atom stereocenters. The van der Waals surface area contributed by atoms with Crippen LogP contribution in [0, 0.1) is 0 Å². The smallest absolute Gasteiger partial charge is 0.308 e. The molecule has 1 atom stereocenters. The predicted molar refractivity (Wildman–Crippen MR) is 80.4 cm³/mol. The molecule has 1 heterocycles. The molecule has 1 aliphatic heterocycles. The molecule has 0 bridgehead atoms. The minimum atomic E-state index is -3.50. The molecular formula is C14H19N2O4P. The largest absolute Gasteiger partial charge is 0.343 e. The average Bonchev–Trinajstić information content (AvgIpc) is 2.49. The number of amides is 1. The second-order valence-electron chi connectivity index (χ2n) is 4.50. The maximum atomic E-state index is 12.8. The maximum Gasteiger partial charge on any atom is 0.343 e. The molecule has 6 nitrogen and oxygen atoms in total. The summed E-state index contributed by atoms with van der Waals surface area (Å²) >= 11 is 0. The second kappa shape index (κ2) is 6.98. The van der Waals surface area contributed by atoms with E-state index >= 15 is 0 Å². The fourth-order valence-electron chi connectivity index (χ4n) is 2.16. The van der Waals surface area contributed by atoms with E-state index < -0.39 is 19.2 Å². The Bertz CT molecular complexity index is 564. The van der Waals surface area contributed by atoms with Crippen molar-refractivity contribution in [1.82, 2.24) is 5.43 Å². The third-order valence-corrected chi connectivity index (χ3v) is 5.51. The summed E-state index contributed by atoms with van der Waals surface area (Å²) in [6.45, 7) is 3.88. The lowest BCUT2D eigenvalue weighted by Gasteiger charge is -2.27. The number of hydrogen-bond donors (Lipinski definition) is 1. The molecule has 1 amide bonds. The van der Waals surface area contributed by atoms with Gasteiger partial charge in [-0.05, 0) is 19.4 Å². The van der Waals surface area contributed by atoms with E-state index in [0.29, 0.717) is 5.71 Å². The van der Waals surface area contributed by atoms with Crippen LogP contribution in [0.5, 0.6) is 0 Å². The van der Waals surface area contributed by atoms with Gasteiger partial charge in [0.05, 0.1) is 18.9 Å². The van der Waals surface area contributed by atoms with E-state index in [9.17, 15) is 9.36 Å². The van der Waals surface area contributed by atoms with E-state index in [1.165, 1.54) is 0 Å². The molecule has 114 valence electrons. The van der Waals surface area contributed by atoms with Crippen LogP contribution < -0.4 is 5.43 Å². The Hall–Kier alpha value is -1.49. The number of hydrazone groups is 1. The minimum Gasteiger partial charge on any atom is -0.308 e. The van der Waals surface area contributed by atoms with E-state index in [4.69, 9.17) is 9.05 Å². The Morgan fingerprint density at radius 3 is 2.43 bits per heavy atom. The molecule has 7 heteroatoms. The fraction of sp³-hybridized carbons (Fsp3) is 0.429. The van der Waals surface area contributed by atoms with E-state index in [1.54, 1.807) is 13.8 Å². The van der Waals surface area contributed by atoms with Crippen LogP contribution in [0.1, 0.15) is 25.8 Å². The van der Waals surface area contributed by atoms with Crippen LogP contribution in [0.4, 0.5) is 0 Å². The standard InChI is InChI=1S/C14H19N2O4P/c1-3-19-21(18,20-4-2)13-10-12(15-16-14(13)17)11-8-6-5-7-9-11/h5-9,13H,3-4,10H2,1-2H3,(H,16,17). The maximum absolute atomic E-state index is 12.8. The van der Waals surface area contributed by atoms with Gasteiger partial charge in [0.2, 0.25) is 0 Å². The number of hydrogen-bond acceptors (Lipinski definition) is 5. The molecule has 21 heavy (non-hydrogen) atoms. The average molecular weight is 310 g/mol. The summed E-state index contributed by atoms with van der Waals surface area (Å²) in [5.41, 5.74) is 3.09. The normalized spacial score (nSPS) is 19.0. The van der Waals surface area contributed by atoms with Crippen molar-refractivity contribution in [1.29, 1.82) is 0 Å². The molecule has 0 aromatic heterocycles. The van der Waals surface area contributed by atoms with Crippen molar-refractivity contribution in [3.8, 4) is 0 Å². The lowest BCUT2D eigenvalue weighted by Crippen LogP contribution is -2.39. The van der Waals surface area contributed by atoms with E-state index in [-0.39, 0.29) is 19.6 Å². The Kier molecular flexibility index (Phi) is 5.28. The van der Waals surface area contributed by atoms with Gasteiger partial charge >= 0.3 is 7.60 Å². The molecule has 1 N–H and O–H groups in total. The van der Waals surface area contributed by atoms with Crippen LogP contribution in [-0.4, -0.2) is 30.5 Å². The lowest BCUT2D eigenvalue weighted by atomic mass is 10.0. The quantitative estimate of drug-likeness (QED) is 0.819. The summed E-state index contributed by atoms with van der Waals surface area (Å²) in [6.07, 6.45) is 0.229. The van der Waals surface area contributed by atoms with Crippen molar-refractivity contribution >= 4 is 19.2 Å². The molecular weight excluding hydrogens is 291 g/mol. The van der Waals surface area contributed by atoms with Gasteiger partial charge in [-0.3, -0.25) is 9.36 Å². The molecule has 0 spiro atoms. The first-order chi connectivity index (χ1) is 10.1. The molecule has 2 rings (SSSR count). The number of carbonyl (C=O) groups excluding carboxylic acids is 1. The molecule has 0 saturated carbocycles. The van der Waals surface area contributed by atoms with Gasteiger partial charge in [-0.2, -0.15) is 5.10 Å². The van der Waals surface area contributed by atoms with Crippen LogP contribution in [0.2, 0.25) is 0 Å². The van der Waals surface area contributed by atoms with Gasteiger partial charge in [0.25, 0.3) is 5.91 Å². The molecule has 0 saturated heterocycles. The minimum absolute atomic E-state index is 0.221. The molecule has 1 aromatic rings. The van der Waals surface area contributed by atoms with Crippen molar-refractivity contribution in [3.63, 3.8) is 0 Å². The number of benzene rings is 1. The van der Waals surface area contributed by atoms with E-state index in [1.807, 2.05) is 30.3 Å². The highest BCUT2D eigenvalue weighted by molar-refractivity contribution is 7.55. The fourth-order valence-corrected chi connectivity index (χ4v) is 4.06. The summed E-state index contributed by atoms with van der Waals surface area (Å²) in [5.74, 6) is -0.431. The third kappa shape index (κ3) is 3.59. The highest BCUT2D eigenvalue weighted by Gasteiger charge is 2.43. The zero-order chi connectivity index (χ0) is 15.3. The van der Waals surface area contributed by atoms with Crippen LogP contribution in [0.15, 0.2) is 35.4 Å². The van der Waals surface area contributed by atoms with Gasteiger partial charge in [-0.25, -0.2) is 5.43 Å². The Morgan fingerprint density at radius 2 is 1.86 bits per heavy atom. The van der Waals surface area contributed by atoms with Crippen LogP contribution >= 0.6 is 7.60 Å². The lowest BCUT2D eigenvalue weighted by molar-refractivity contribution is -0.121. The summed E-state index contributed by atoms with van der Waals surface area (Å²) < 4.78 is 23.4. The Morgan fingerprint density at radius 1 is 1.24 bits per heavy atom. The van der Waals surface area contributed by atoms with Crippen LogP contribution in [-0.2, 0) is 18.4 Å². The zero-order valence-electron chi connectivity index (χ0n) is 12.1. The number of rotatable bonds is 6. The van der Waals surface area contributed by atoms with Crippen LogP contribution in [0.3, 0.4) is 0 Å². The van der Waals surface area contributed by atoms with Gasteiger partial charge in [0, 0.05) is 6.42 Å². The van der Waals surface area contributed by atoms with Gasteiger partial charge in [-0.1, -0.05) is 30.3 Å². The molecule has 1 aromatic carbocycles. The first-order valence-electron chi connectivity index (χ1n) is 6.91. The first kappa shape index (κ1) is 15.9. The third-order valence-electron chi connectivity index (χ3n) is 3.10. The Balaban J connectivity index is 2.27. The number of nitrogens with one attached hydrogen (secondary N) is 1. The summed E-state index contributed by atoms with van der Waals surface area (Å²) in [4.78, 5) is 12.0. The first-order valence-corrected chi connectivity index (χ1v) is 8.52. The monoisotopic (exact) mass is 310 g/mol. The zero-order valence-corrected chi connectivity index (χ0v) is 13.0. The van der Waals surface area contributed by atoms with Crippen molar-refractivity contribution in [3.05, 3.63) is 35.9 Å². The number of carbonyl (C=O) groups is 1. The van der Waals surface area contributed by atoms with Crippen molar-refractivity contribution in [2.75, 3.05) is 13.2 Å². The number of nitrogens with zero attached hydrogens (tertiary/aromatic N) is 1. The predicted octanol–water partition coefficient (Wildman–Crippen LogP) is 2.55. The molecule has 1 aliphatic rings. The van der Waals surface area contributed by atoms with Gasteiger partial charge in [0.15, 0.2) is 0 Å². The topological polar surface area (TPSA) is 77.0 Å². The van der Waals surface area contributed by atoms with Crippen LogP contribution in [0.25, 0.3) is 0 Å². The summed E-state index contributed by atoms with van der Waals surface area (Å²) in [6, 6.07) is 9.44. The van der Waals surface area contributed by atoms with Crippen molar-refractivity contribution < 1.29 is 18.4 Å². The van der Waals surface area contributed by atoms with E-state index in [0.717, 1.165) is 5.56 Å². The highest BCUT2D eigenvalue weighted by atomic mass is 31.2. The highest BCUT2D eigenvalue weighted by Crippen LogP contribution is 2.55. The van der Waals surface area contributed by atoms with Gasteiger partial charge in [0.1, 0.15) is 5.66 Å². The van der Waals surface area contributed by atoms with Gasteiger partial charge in [-0.15, -0.1) is 0 Å². The van der Waals surface area contributed by atoms with Gasteiger partial charge < -0.3 is 9.05 Å². The molecule has 0 radical (unpaired) electrons. The summed E-state index contributed by atoms with van der Waals surface area (Å²) in [7, 11) is -3.50. The van der Waals surface area contributed by atoms with E-state index in [2.05, 4.69) is 10.5 Å². The molecule has 0 aliphatic carbocycles. The second-order valence-corrected chi connectivity index (χ2v) is 6.72.